The Balaban J connectivity index is 1.44. The summed E-state index contributed by atoms with van der Waals surface area (Å²) in [5.41, 5.74) is 1.58. The minimum absolute atomic E-state index is 0.0716. The molecule has 3 aromatic rings. The number of piperidine rings is 1. The fraction of sp³-hybridized carbons (Fsp3) is 0.400. The molecule has 0 aromatic carbocycles. The van der Waals surface area contributed by atoms with Crippen LogP contribution in [0.5, 0.6) is 0 Å². The second kappa shape index (κ2) is 8.04. The van der Waals surface area contributed by atoms with E-state index in [0.29, 0.717) is 30.1 Å². The number of pyridine rings is 2. The number of carbonyl (C=O) groups is 1. The number of oxazole rings is 1. The van der Waals surface area contributed by atoms with Crippen LogP contribution in [0.15, 0.2) is 35.1 Å². The van der Waals surface area contributed by atoms with Crippen molar-refractivity contribution < 1.29 is 13.9 Å². The smallest absolute Gasteiger partial charge is 0.239 e. The van der Waals surface area contributed by atoms with E-state index in [-0.39, 0.29) is 5.91 Å². The lowest BCUT2D eigenvalue weighted by Crippen LogP contribution is -2.41. The zero-order valence-corrected chi connectivity index (χ0v) is 16.0. The molecule has 28 heavy (non-hydrogen) atoms. The number of hydrogen-bond donors (Lipinski definition) is 1. The van der Waals surface area contributed by atoms with Gasteiger partial charge in [-0.1, -0.05) is 0 Å². The van der Waals surface area contributed by atoms with Crippen LogP contribution in [-0.2, 0) is 9.53 Å². The van der Waals surface area contributed by atoms with Gasteiger partial charge in [0, 0.05) is 44.3 Å². The zero-order chi connectivity index (χ0) is 19.5. The predicted octanol–water partition coefficient (Wildman–Crippen LogP) is 2.64. The molecule has 0 bridgehead atoms. The van der Waals surface area contributed by atoms with Gasteiger partial charge in [0.15, 0.2) is 11.7 Å². The highest BCUT2D eigenvalue weighted by molar-refractivity contribution is 5.93. The molecular weight excluding hydrogens is 358 g/mol. The quantitative estimate of drug-likeness (QED) is 0.726. The highest BCUT2D eigenvalue weighted by Crippen LogP contribution is 2.24. The topological polar surface area (TPSA) is 93.4 Å². The molecule has 1 aliphatic heterocycles. The van der Waals surface area contributed by atoms with Gasteiger partial charge in [-0.05, 0) is 25.0 Å². The second-order valence-corrected chi connectivity index (χ2v) is 6.99. The molecule has 0 unspecified atom stereocenters. The van der Waals surface area contributed by atoms with Crippen molar-refractivity contribution in [3.63, 3.8) is 0 Å². The first-order chi connectivity index (χ1) is 13.6. The third-order valence-electron chi connectivity index (χ3n) is 4.98. The number of nitrogens with one attached hydrogen (secondary N) is 1. The highest BCUT2D eigenvalue weighted by Gasteiger charge is 2.20. The number of hydrogen-bond acceptors (Lipinski definition) is 7. The molecule has 0 spiro atoms. The van der Waals surface area contributed by atoms with Crippen molar-refractivity contribution in [1.29, 1.82) is 0 Å². The number of fused-ring (bicyclic) bond motifs is 1. The summed E-state index contributed by atoms with van der Waals surface area (Å²) in [5.74, 6) is 1.70. The molecule has 1 N–H and O–H groups in total. The van der Waals surface area contributed by atoms with Crippen LogP contribution >= 0.6 is 0 Å². The van der Waals surface area contributed by atoms with Gasteiger partial charge in [-0.3, -0.25) is 14.7 Å². The molecule has 4 rings (SSSR count). The number of carbonyl (C=O) groups excluding carboxylic acids is 1. The molecule has 1 aliphatic rings. The minimum Gasteiger partial charge on any atom is -0.441 e. The first-order valence-corrected chi connectivity index (χ1v) is 9.34. The van der Waals surface area contributed by atoms with Crippen LogP contribution in [0.2, 0.25) is 0 Å². The summed E-state index contributed by atoms with van der Waals surface area (Å²) in [6, 6.07) is 3.78. The fourth-order valence-electron chi connectivity index (χ4n) is 3.42. The summed E-state index contributed by atoms with van der Waals surface area (Å²) >= 11 is 0. The Kier molecular flexibility index (Phi) is 5.31. The minimum atomic E-state index is -0.0716. The lowest BCUT2D eigenvalue weighted by molar-refractivity contribution is -0.117. The Hall–Kier alpha value is -2.84. The third-order valence-corrected chi connectivity index (χ3v) is 4.98. The summed E-state index contributed by atoms with van der Waals surface area (Å²) in [6.07, 6.45) is 7.27. The number of ether oxygens (including phenoxy) is 1. The Morgan fingerprint density at radius 3 is 2.75 bits per heavy atom. The standard InChI is InChI=1S/C20H23N5O3/c1-13-21-11-18(28-13)15-7-14-8-19(23-10-17(14)22-9-15)24-20(26)12-25-5-3-16(27-2)4-6-25/h7-11,16H,3-6,12H2,1-2H3,(H,23,24,26). The number of aryl methyl sites for hydroxylation is 1. The summed E-state index contributed by atoms with van der Waals surface area (Å²) in [4.78, 5) is 27.4. The average Bonchev–Trinajstić information content (AvgIpc) is 3.14. The van der Waals surface area contributed by atoms with Crippen LogP contribution in [0.3, 0.4) is 0 Å². The van der Waals surface area contributed by atoms with Crippen molar-refractivity contribution in [2.45, 2.75) is 25.9 Å². The van der Waals surface area contributed by atoms with Gasteiger partial charge in [0.05, 0.1) is 30.6 Å². The fourth-order valence-corrected chi connectivity index (χ4v) is 3.42. The molecule has 3 aromatic heterocycles. The molecule has 1 fully saturated rings. The average molecular weight is 381 g/mol. The maximum absolute atomic E-state index is 12.4. The molecule has 0 atom stereocenters. The maximum atomic E-state index is 12.4. The van der Waals surface area contributed by atoms with Gasteiger partial charge in [0.1, 0.15) is 5.82 Å². The van der Waals surface area contributed by atoms with Crippen molar-refractivity contribution >= 4 is 22.6 Å². The monoisotopic (exact) mass is 381 g/mol. The molecule has 0 saturated carbocycles. The van der Waals surface area contributed by atoms with Gasteiger partial charge in [0.2, 0.25) is 5.91 Å². The lowest BCUT2D eigenvalue weighted by atomic mass is 10.1. The van der Waals surface area contributed by atoms with E-state index in [0.717, 1.165) is 42.4 Å². The van der Waals surface area contributed by atoms with Crippen molar-refractivity contribution in [3.8, 4) is 11.3 Å². The summed E-state index contributed by atoms with van der Waals surface area (Å²) in [6.45, 7) is 3.88. The molecule has 4 heterocycles. The predicted molar refractivity (Wildman–Crippen MR) is 105 cm³/mol. The van der Waals surface area contributed by atoms with E-state index in [1.54, 1.807) is 32.6 Å². The van der Waals surface area contributed by atoms with Crippen LogP contribution in [0.25, 0.3) is 22.2 Å². The van der Waals surface area contributed by atoms with Crippen LogP contribution in [0, 0.1) is 6.92 Å². The summed E-state index contributed by atoms with van der Waals surface area (Å²) in [5, 5.41) is 3.76. The van der Waals surface area contributed by atoms with Crippen LogP contribution in [0.1, 0.15) is 18.7 Å². The molecule has 146 valence electrons. The third kappa shape index (κ3) is 4.18. The molecule has 0 aliphatic carbocycles. The first-order valence-electron chi connectivity index (χ1n) is 9.34. The van der Waals surface area contributed by atoms with E-state index < -0.39 is 0 Å². The Morgan fingerprint density at radius 2 is 2.04 bits per heavy atom. The van der Waals surface area contributed by atoms with Crippen molar-refractivity contribution in [2.75, 3.05) is 32.1 Å². The van der Waals surface area contributed by atoms with E-state index in [1.165, 1.54) is 0 Å². The number of likely N-dealkylation sites (tertiary alicyclic amines) is 1. The van der Waals surface area contributed by atoms with Gasteiger partial charge >= 0.3 is 0 Å². The molecule has 1 saturated heterocycles. The van der Waals surface area contributed by atoms with Gasteiger partial charge in [0.25, 0.3) is 0 Å². The van der Waals surface area contributed by atoms with E-state index in [2.05, 4.69) is 25.2 Å². The highest BCUT2D eigenvalue weighted by atomic mass is 16.5. The Bertz CT molecular complexity index is 979. The van der Waals surface area contributed by atoms with Gasteiger partial charge in [-0.25, -0.2) is 9.97 Å². The van der Waals surface area contributed by atoms with Crippen molar-refractivity contribution in [2.24, 2.45) is 0 Å². The van der Waals surface area contributed by atoms with E-state index >= 15 is 0 Å². The van der Waals surface area contributed by atoms with Crippen LogP contribution < -0.4 is 5.32 Å². The normalized spacial score (nSPS) is 15.8. The molecule has 8 nitrogen and oxygen atoms in total. The second-order valence-electron chi connectivity index (χ2n) is 6.99. The summed E-state index contributed by atoms with van der Waals surface area (Å²) in [7, 11) is 1.74. The van der Waals surface area contributed by atoms with Crippen molar-refractivity contribution in [3.05, 3.63) is 36.6 Å². The number of anilines is 1. The van der Waals surface area contributed by atoms with Gasteiger partial charge < -0.3 is 14.5 Å². The number of rotatable bonds is 5. The largest absolute Gasteiger partial charge is 0.441 e. The summed E-state index contributed by atoms with van der Waals surface area (Å²) < 4.78 is 10.9. The Labute approximate surface area is 162 Å². The maximum Gasteiger partial charge on any atom is 0.239 e. The van der Waals surface area contributed by atoms with E-state index in [1.807, 2.05) is 12.1 Å². The first kappa shape index (κ1) is 18.5. The number of amides is 1. The van der Waals surface area contributed by atoms with Crippen LogP contribution in [0.4, 0.5) is 5.82 Å². The number of nitrogens with zero attached hydrogens (tertiary/aromatic N) is 4. The van der Waals surface area contributed by atoms with Gasteiger partial charge in [-0.2, -0.15) is 0 Å². The molecule has 1 amide bonds. The van der Waals surface area contributed by atoms with Crippen molar-refractivity contribution in [1.82, 2.24) is 19.9 Å². The van der Waals surface area contributed by atoms with Crippen LogP contribution in [-0.4, -0.2) is 58.6 Å². The van der Waals surface area contributed by atoms with E-state index in [4.69, 9.17) is 9.15 Å². The molecule has 8 heteroatoms. The molecular formula is C20H23N5O3. The van der Waals surface area contributed by atoms with Gasteiger partial charge in [-0.15, -0.1) is 0 Å². The van der Waals surface area contributed by atoms with E-state index in [9.17, 15) is 4.79 Å². The lowest BCUT2D eigenvalue weighted by Gasteiger charge is -2.30. The number of methoxy groups -OCH3 is 1. The number of aromatic nitrogens is 3. The zero-order valence-electron chi connectivity index (χ0n) is 16.0. The Morgan fingerprint density at radius 1 is 1.21 bits per heavy atom. The molecule has 0 radical (unpaired) electrons. The SMILES string of the molecule is COC1CCN(CC(=O)Nc2cc3cc(-c4cnc(C)o4)cnc3cn2)CC1.